The molecule has 0 saturated heterocycles. The Labute approximate surface area is 136 Å². The topological polar surface area (TPSA) is 121 Å². The highest BCUT2D eigenvalue weighted by molar-refractivity contribution is 6.03. The Morgan fingerprint density at radius 1 is 0.833 bits per heavy atom. The van der Waals surface area contributed by atoms with E-state index in [0.717, 1.165) is 0 Å². The lowest BCUT2D eigenvalue weighted by Gasteiger charge is -2.13. The predicted octanol–water partition coefficient (Wildman–Crippen LogP) is 0.843. The number of ether oxygens (including phenoxy) is 1. The van der Waals surface area contributed by atoms with Crippen molar-refractivity contribution < 1.29 is 34.4 Å². The first-order chi connectivity index (χ1) is 11.4. The van der Waals surface area contributed by atoms with Crippen LogP contribution in [0, 0.1) is 0 Å². The maximum atomic E-state index is 12.2. The van der Waals surface area contributed by atoms with E-state index in [1.807, 2.05) is 0 Å². The second kappa shape index (κ2) is 7.49. The monoisotopic (exact) mass is 330 g/mol. The molecule has 2 aromatic carbocycles. The van der Waals surface area contributed by atoms with Gasteiger partial charge in [0.05, 0.1) is 5.56 Å². The van der Waals surface area contributed by atoms with Crippen molar-refractivity contribution in [3.63, 3.8) is 0 Å². The summed E-state index contributed by atoms with van der Waals surface area (Å²) in [6.45, 7) is 0. The van der Waals surface area contributed by atoms with Crippen LogP contribution in [-0.4, -0.2) is 45.4 Å². The zero-order valence-electron chi connectivity index (χ0n) is 12.3. The molecule has 0 aliphatic rings. The molecule has 2 aromatic rings. The van der Waals surface area contributed by atoms with Crippen LogP contribution in [0.2, 0.25) is 0 Å². The molecule has 2 rings (SSSR count). The number of hydrogen-bond acceptors (Lipinski definition) is 6. The molecule has 124 valence electrons. The van der Waals surface area contributed by atoms with Crippen molar-refractivity contribution in [3.05, 3.63) is 60.2 Å². The highest BCUT2D eigenvalue weighted by atomic mass is 16.6. The van der Waals surface area contributed by atoms with E-state index in [0.29, 0.717) is 11.1 Å². The van der Waals surface area contributed by atoms with Gasteiger partial charge < -0.3 is 20.1 Å². The quantitative estimate of drug-likeness (QED) is 0.549. The number of esters is 2. The normalized spacial score (nSPS) is 12.9. The fourth-order valence-corrected chi connectivity index (χ4v) is 2.00. The van der Waals surface area contributed by atoms with Gasteiger partial charge >= 0.3 is 17.9 Å². The largest absolute Gasteiger partial charge is 0.479 e. The zero-order valence-corrected chi connectivity index (χ0v) is 12.3. The fraction of sp³-hybridized carbons (Fsp3) is 0.118. The number of carbonyl (C=O) groups excluding carboxylic acids is 2. The van der Waals surface area contributed by atoms with Crippen molar-refractivity contribution in [2.75, 3.05) is 0 Å². The third-order valence-electron chi connectivity index (χ3n) is 3.22. The van der Waals surface area contributed by atoms with Gasteiger partial charge in [0.1, 0.15) is 0 Å². The van der Waals surface area contributed by atoms with Crippen LogP contribution in [0.4, 0.5) is 0 Å². The lowest BCUT2D eigenvalue weighted by Crippen LogP contribution is -2.41. The molecular weight excluding hydrogens is 316 g/mol. The highest BCUT2D eigenvalue weighted by Crippen LogP contribution is 2.24. The molecule has 0 aromatic heterocycles. The van der Waals surface area contributed by atoms with Crippen LogP contribution >= 0.6 is 0 Å². The zero-order chi connectivity index (χ0) is 17.7. The van der Waals surface area contributed by atoms with Crippen molar-refractivity contribution in [1.29, 1.82) is 0 Å². The molecule has 0 aliphatic heterocycles. The molecule has 24 heavy (non-hydrogen) atoms. The van der Waals surface area contributed by atoms with E-state index in [1.165, 1.54) is 6.07 Å². The number of carbonyl (C=O) groups is 3. The molecule has 0 spiro atoms. The summed E-state index contributed by atoms with van der Waals surface area (Å²) in [6.07, 6.45) is -4.75. The van der Waals surface area contributed by atoms with Crippen LogP contribution in [-0.2, 0) is 14.3 Å². The minimum atomic E-state index is -2.38. The average molecular weight is 330 g/mol. The van der Waals surface area contributed by atoms with Gasteiger partial charge in [-0.1, -0.05) is 48.5 Å². The number of benzene rings is 2. The molecule has 2 atom stereocenters. The first-order valence-electron chi connectivity index (χ1n) is 6.91. The molecule has 7 nitrogen and oxygen atoms in total. The highest BCUT2D eigenvalue weighted by Gasteiger charge is 2.33. The molecule has 0 fully saturated rings. The maximum absolute atomic E-state index is 12.2. The molecule has 0 aliphatic carbocycles. The number of aliphatic hydroxyl groups excluding tert-OH is 2. The van der Waals surface area contributed by atoms with Crippen LogP contribution in [0.5, 0.6) is 0 Å². The Morgan fingerprint density at radius 3 is 2.04 bits per heavy atom. The number of hydrogen-bond donors (Lipinski definition) is 3. The minimum absolute atomic E-state index is 0.0639. The van der Waals surface area contributed by atoms with Gasteiger partial charge in [0, 0.05) is 0 Å². The van der Waals surface area contributed by atoms with Gasteiger partial charge in [-0.15, -0.1) is 0 Å². The van der Waals surface area contributed by atoms with E-state index in [9.17, 15) is 19.5 Å². The Bertz CT molecular complexity index is 755. The van der Waals surface area contributed by atoms with Gasteiger partial charge in [0.2, 0.25) is 0 Å². The van der Waals surface area contributed by atoms with E-state index in [2.05, 4.69) is 4.74 Å². The number of aliphatic carboxylic acids is 1. The Morgan fingerprint density at radius 2 is 1.42 bits per heavy atom. The second-order valence-electron chi connectivity index (χ2n) is 4.85. The van der Waals surface area contributed by atoms with Gasteiger partial charge in [0.25, 0.3) is 0 Å². The molecule has 0 unspecified atom stereocenters. The van der Waals surface area contributed by atoms with Gasteiger partial charge in [-0.05, 0) is 17.2 Å². The van der Waals surface area contributed by atoms with E-state index < -0.39 is 30.1 Å². The van der Waals surface area contributed by atoms with Crippen molar-refractivity contribution in [1.82, 2.24) is 0 Å². The Balaban J connectivity index is 2.22. The molecule has 0 amide bonds. The fourth-order valence-electron chi connectivity index (χ4n) is 2.00. The van der Waals surface area contributed by atoms with Crippen molar-refractivity contribution in [2.45, 2.75) is 12.2 Å². The van der Waals surface area contributed by atoms with Gasteiger partial charge in [-0.25, -0.2) is 14.4 Å². The molecule has 0 radical (unpaired) electrons. The van der Waals surface area contributed by atoms with E-state index >= 15 is 0 Å². The third kappa shape index (κ3) is 3.83. The average Bonchev–Trinajstić information content (AvgIpc) is 2.60. The molecule has 0 heterocycles. The summed E-state index contributed by atoms with van der Waals surface area (Å²) >= 11 is 0. The van der Waals surface area contributed by atoms with Crippen molar-refractivity contribution >= 4 is 17.9 Å². The number of aliphatic hydroxyl groups is 2. The second-order valence-corrected chi connectivity index (χ2v) is 4.85. The number of rotatable bonds is 5. The summed E-state index contributed by atoms with van der Waals surface area (Å²) in [6, 6.07) is 15.2. The molecule has 3 N–H and O–H groups in total. The molecule has 7 heteroatoms. The smallest absolute Gasteiger partial charge is 0.346 e. The van der Waals surface area contributed by atoms with Crippen LogP contribution in [0.3, 0.4) is 0 Å². The summed E-state index contributed by atoms with van der Waals surface area (Å²) in [5, 5.41) is 27.0. The lowest BCUT2D eigenvalue weighted by molar-refractivity contribution is -0.166. The van der Waals surface area contributed by atoms with Crippen LogP contribution in [0.1, 0.15) is 10.4 Å². The minimum Gasteiger partial charge on any atom is -0.479 e. The summed E-state index contributed by atoms with van der Waals surface area (Å²) in [4.78, 5) is 34.3. The van der Waals surface area contributed by atoms with Gasteiger partial charge in [-0.3, -0.25) is 0 Å². The summed E-state index contributed by atoms with van der Waals surface area (Å²) in [5.41, 5.74) is 1.28. The van der Waals surface area contributed by atoms with Gasteiger partial charge in [-0.2, -0.15) is 0 Å². The predicted molar refractivity (Wildman–Crippen MR) is 81.9 cm³/mol. The van der Waals surface area contributed by atoms with Gasteiger partial charge in [0.15, 0.2) is 12.2 Å². The summed E-state index contributed by atoms with van der Waals surface area (Å²) in [7, 11) is 0. The Kier molecular flexibility index (Phi) is 5.41. The molecule has 0 saturated carbocycles. The maximum Gasteiger partial charge on any atom is 0.346 e. The van der Waals surface area contributed by atoms with Crippen molar-refractivity contribution in [2.24, 2.45) is 0 Å². The van der Waals surface area contributed by atoms with E-state index in [4.69, 9.17) is 10.2 Å². The van der Waals surface area contributed by atoms with Crippen LogP contribution in [0.15, 0.2) is 54.6 Å². The molecular formula is C17H14O7. The number of carboxylic acids is 1. The summed E-state index contributed by atoms with van der Waals surface area (Å²) < 4.78 is 4.48. The van der Waals surface area contributed by atoms with Crippen molar-refractivity contribution in [3.8, 4) is 11.1 Å². The standard InChI is InChI=1S/C17H14O7/c18-13(15(20)21)14(19)17(23)24-16(22)12-9-5-4-8-11(12)10-6-2-1-3-7-10/h1-9,13-14,18-19H,(H,20,21)/t13-,14-/m1/s1. The SMILES string of the molecule is O=C(OC(=O)[C@H](O)[C@@H](O)C(=O)O)c1ccccc1-c1ccccc1. The Hall–Kier alpha value is -3.03. The third-order valence-corrected chi connectivity index (χ3v) is 3.22. The lowest BCUT2D eigenvalue weighted by atomic mass is 10.00. The summed E-state index contributed by atoms with van der Waals surface area (Å²) in [5.74, 6) is -4.41. The molecule has 0 bridgehead atoms. The van der Waals surface area contributed by atoms with E-state index in [1.54, 1.807) is 48.5 Å². The van der Waals surface area contributed by atoms with Crippen LogP contribution < -0.4 is 0 Å². The van der Waals surface area contributed by atoms with Crippen LogP contribution in [0.25, 0.3) is 11.1 Å². The first-order valence-corrected chi connectivity index (χ1v) is 6.91. The number of carboxylic acid groups (broad SMARTS) is 1. The van der Waals surface area contributed by atoms with E-state index in [-0.39, 0.29) is 5.56 Å². The first kappa shape index (κ1) is 17.3.